The van der Waals surface area contributed by atoms with E-state index in [9.17, 15) is 22.8 Å². The van der Waals surface area contributed by atoms with Crippen molar-refractivity contribution in [2.45, 2.75) is 56.6 Å². The normalized spacial score (nSPS) is 16.6. The third-order valence-corrected chi connectivity index (χ3v) is 10.7. The van der Waals surface area contributed by atoms with Gasteiger partial charge in [0.25, 0.3) is 10.0 Å². The molecule has 2 heterocycles. The Labute approximate surface area is 285 Å². The Morgan fingerprint density at radius 3 is 2.21 bits per heavy atom. The molecule has 0 spiro atoms. The van der Waals surface area contributed by atoms with Gasteiger partial charge in [0.05, 0.1) is 39.6 Å². The molecule has 250 valence electrons. The minimum atomic E-state index is -4.22. The van der Waals surface area contributed by atoms with Crippen molar-refractivity contribution in [3.05, 3.63) is 82.3 Å². The Bertz CT molecular complexity index is 1770. The number of anilines is 1. The highest BCUT2D eigenvalue weighted by Gasteiger charge is 2.40. The maximum Gasteiger partial charge on any atom is 0.410 e. The number of sulfonamides is 1. The lowest BCUT2D eigenvalue weighted by atomic mass is 9.88. The van der Waals surface area contributed by atoms with Crippen LogP contribution in [0.4, 0.5) is 10.5 Å². The van der Waals surface area contributed by atoms with Crippen LogP contribution in [-0.2, 0) is 24.3 Å². The van der Waals surface area contributed by atoms with Gasteiger partial charge in [0.1, 0.15) is 5.60 Å². The Kier molecular flexibility index (Phi) is 10.4. The Morgan fingerprint density at radius 1 is 0.872 bits per heavy atom. The molecule has 2 aliphatic heterocycles. The second kappa shape index (κ2) is 14.1. The zero-order valence-corrected chi connectivity index (χ0v) is 28.8. The molecule has 10 nitrogen and oxygen atoms in total. The lowest BCUT2D eigenvalue weighted by Crippen LogP contribution is -2.45. The van der Waals surface area contributed by atoms with E-state index in [0.29, 0.717) is 36.4 Å². The first kappa shape index (κ1) is 34.5. The molecule has 3 aromatic carbocycles. The molecule has 13 heteroatoms. The van der Waals surface area contributed by atoms with E-state index >= 15 is 0 Å². The number of hydrogen-bond acceptors (Lipinski definition) is 6. The zero-order valence-electron chi connectivity index (χ0n) is 26.5. The van der Waals surface area contributed by atoms with Crippen LogP contribution in [0.2, 0.25) is 10.0 Å². The number of amides is 3. The molecule has 0 aliphatic carbocycles. The summed E-state index contributed by atoms with van der Waals surface area (Å²) in [5, 5.41) is 5.84. The van der Waals surface area contributed by atoms with Gasteiger partial charge in [-0.3, -0.25) is 13.9 Å². The summed E-state index contributed by atoms with van der Waals surface area (Å²) in [5.41, 5.74) is 2.05. The second-order valence-corrected chi connectivity index (χ2v) is 15.3. The van der Waals surface area contributed by atoms with Crippen LogP contribution in [-0.4, -0.2) is 63.0 Å². The number of ether oxygens (including phenoxy) is 1. The highest BCUT2D eigenvalue weighted by molar-refractivity contribution is 7.92. The number of nitrogens with one attached hydrogen (secondary N) is 2. The van der Waals surface area contributed by atoms with Crippen LogP contribution >= 0.6 is 23.2 Å². The van der Waals surface area contributed by atoms with Gasteiger partial charge in [-0.25, -0.2) is 13.2 Å². The number of piperidine rings is 1. The van der Waals surface area contributed by atoms with E-state index in [1.54, 1.807) is 29.2 Å². The van der Waals surface area contributed by atoms with Crippen molar-refractivity contribution in [1.82, 2.24) is 15.5 Å². The van der Waals surface area contributed by atoms with Crippen LogP contribution in [0.15, 0.2) is 71.6 Å². The van der Waals surface area contributed by atoms with Gasteiger partial charge >= 0.3 is 6.09 Å². The fourth-order valence-electron chi connectivity index (χ4n) is 5.85. The highest BCUT2D eigenvalue weighted by Crippen LogP contribution is 2.48. The van der Waals surface area contributed by atoms with Crippen molar-refractivity contribution < 1.29 is 27.5 Å². The van der Waals surface area contributed by atoms with E-state index < -0.39 is 27.6 Å². The molecule has 1 fully saturated rings. The molecular formula is C34H38Cl2N4O6S. The van der Waals surface area contributed by atoms with Crippen molar-refractivity contribution in [1.29, 1.82) is 0 Å². The smallest absolute Gasteiger partial charge is 0.410 e. The molecule has 3 amide bonds. The predicted octanol–water partition coefficient (Wildman–Crippen LogP) is 6.18. The van der Waals surface area contributed by atoms with E-state index in [4.69, 9.17) is 27.9 Å². The fourth-order valence-corrected chi connectivity index (χ4v) is 7.89. The first-order valence-corrected chi connectivity index (χ1v) is 17.6. The van der Waals surface area contributed by atoms with Crippen molar-refractivity contribution in [3.8, 4) is 11.1 Å². The minimum absolute atomic E-state index is 0.0669. The van der Waals surface area contributed by atoms with Crippen molar-refractivity contribution in [2.24, 2.45) is 5.92 Å². The number of carbonyl (C=O) groups is 3. The third-order valence-electron chi connectivity index (χ3n) is 8.16. The monoisotopic (exact) mass is 700 g/mol. The number of nitrogens with zero attached hydrogens (tertiary/aromatic N) is 2. The maximum absolute atomic E-state index is 14.2. The number of likely N-dealkylation sites (tertiary alicyclic amines) is 1. The number of rotatable bonds is 8. The summed E-state index contributed by atoms with van der Waals surface area (Å²) < 4.78 is 35.2. The molecule has 5 rings (SSSR count). The molecule has 1 atom stereocenters. The third kappa shape index (κ3) is 8.02. The number of para-hydroxylation sites is 1. The van der Waals surface area contributed by atoms with Gasteiger partial charge in [-0.1, -0.05) is 65.7 Å². The molecule has 2 aliphatic rings. The summed E-state index contributed by atoms with van der Waals surface area (Å²) in [7, 11) is -4.22. The number of fused-ring (bicyclic) bond motifs is 3. The van der Waals surface area contributed by atoms with Gasteiger partial charge < -0.3 is 20.3 Å². The van der Waals surface area contributed by atoms with Crippen molar-refractivity contribution in [2.75, 3.05) is 30.5 Å². The van der Waals surface area contributed by atoms with Gasteiger partial charge in [0, 0.05) is 25.2 Å². The van der Waals surface area contributed by atoms with E-state index in [1.807, 2.05) is 45.0 Å². The zero-order chi connectivity index (χ0) is 33.9. The van der Waals surface area contributed by atoms with E-state index in [1.165, 1.54) is 22.5 Å². The topological polar surface area (TPSA) is 125 Å². The molecule has 1 saturated heterocycles. The predicted molar refractivity (Wildman–Crippen MR) is 182 cm³/mol. The Hall–Kier alpha value is -3.80. The number of hydrogen-bond donors (Lipinski definition) is 2. The molecule has 1 unspecified atom stereocenters. The van der Waals surface area contributed by atoms with Crippen LogP contribution < -0.4 is 14.9 Å². The molecule has 47 heavy (non-hydrogen) atoms. The molecule has 0 radical (unpaired) electrons. The van der Waals surface area contributed by atoms with Gasteiger partial charge in [0.15, 0.2) is 0 Å². The quantitative estimate of drug-likeness (QED) is 0.289. The van der Waals surface area contributed by atoms with Gasteiger partial charge in [-0.05, 0) is 74.9 Å². The van der Waals surface area contributed by atoms with Crippen molar-refractivity contribution in [3.63, 3.8) is 0 Å². The summed E-state index contributed by atoms with van der Waals surface area (Å²) in [6, 6.07) is 17.7. The highest BCUT2D eigenvalue weighted by atomic mass is 35.5. The standard InChI is InChI=1S/C34H38Cl2N4O6S/c1-34(2,3)46-33(43)39-16-14-22(15-17-39)20-37-32(42)21-38-31(41)19-30-26-10-5-4-8-24(26)25-9-6-7-11-29(25)40(30)47(44,45)23-12-13-27(35)28(36)18-23/h4-13,18,22,30H,14-17,19-21H2,1-3H3,(H,37,42)(H,38,41). The first-order valence-electron chi connectivity index (χ1n) is 15.4. The Morgan fingerprint density at radius 2 is 1.53 bits per heavy atom. The Balaban J connectivity index is 1.25. The van der Waals surface area contributed by atoms with Crippen molar-refractivity contribution >= 4 is 56.8 Å². The lowest BCUT2D eigenvalue weighted by Gasteiger charge is -2.39. The van der Waals surface area contributed by atoms with E-state index in [-0.39, 0.29) is 45.8 Å². The number of halogens is 2. The molecule has 3 aromatic rings. The van der Waals surface area contributed by atoms with Gasteiger partial charge in [-0.2, -0.15) is 0 Å². The van der Waals surface area contributed by atoms with E-state index in [2.05, 4.69) is 10.6 Å². The summed E-state index contributed by atoms with van der Waals surface area (Å²) in [6.45, 7) is 6.72. The van der Waals surface area contributed by atoms with E-state index in [0.717, 1.165) is 18.4 Å². The van der Waals surface area contributed by atoms with Gasteiger partial charge in [0.2, 0.25) is 11.8 Å². The SMILES string of the molecule is CC(C)(C)OC(=O)N1CCC(CNC(=O)CNC(=O)CC2c3ccccc3-c3ccccc3N2S(=O)(=O)c2ccc(Cl)c(Cl)c2)CC1. The lowest BCUT2D eigenvalue weighted by molar-refractivity contribution is -0.126. The van der Waals surface area contributed by atoms with Crippen LogP contribution in [0.3, 0.4) is 0 Å². The van der Waals surface area contributed by atoms with Crippen LogP contribution in [0.1, 0.15) is 51.6 Å². The summed E-state index contributed by atoms with van der Waals surface area (Å²) >= 11 is 12.3. The average molecular weight is 702 g/mol. The second-order valence-electron chi connectivity index (χ2n) is 12.7. The number of carbonyl (C=O) groups excluding carboxylic acids is 3. The van der Waals surface area contributed by atoms with Crippen LogP contribution in [0.5, 0.6) is 0 Å². The molecule has 0 aromatic heterocycles. The van der Waals surface area contributed by atoms with Crippen LogP contribution in [0, 0.1) is 5.92 Å². The first-order chi connectivity index (χ1) is 22.2. The molecular weight excluding hydrogens is 663 g/mol. The minimum Gasteiger partial charge on any atom is -0.444 e. The molecule has 0 saturated carbocycles. The molecule has 0 bridgehead atoms. The largest absolute Gasteiger partial charge is 0.444 e. The maximum atomic E-state index is 14.2. The number of benzene rings is 3. The molecule has 2 N–H and O–H groups in total. The summed E-state index contributed by atoms with van der Waals surface area (Å²) in [6.07, 6.45) is 0.868. The summed E-state index contributed by atoms with van der Waals surface area (Å²) in [4.78, 5) is 40.0. The van der Waals surface area contributed by atoms with Crippen LogP contribution in [0.25, 0.3) is 11.1 Å². The average Bonchev–Trinajstić information content (AvgIpc) is 3.03. The fraction of sp³-hybridized carbons (Fsp3) is 0.382. The van der Waals surface area contributed by atoms with Gasteiger partial charge in [-0.15, -0.1) is 0 Å². The summed E-state index contributed by atoms with van der Waals surface area (Å²) in [5.74, 6) is -0.658.